The van der Waals surface area contributed by atoms with Gasteiger partial charge in [-0.15, -0.1) is 5.10 Å². The molecule has 3 N–H and O–H groups in total. The van der Waals surface area contributed by atoms with Gasteiger partial charge in [-0.3, -0.25) is 9.36 Å². The highest BCUT2D eigenvalue weighted by Gasteiger charge is 2.30. The lowest BCUT2D eigenvalue weighted by Gasteiger charge is -2.14. The molecule has 0 bridgehead atoms. The van der Waals surface area contributed by atoms with E-state index in [0.29, 0.717) is 65.2 Å². The van der Waals surface area contributed by atoms with E-state index in [-0.39, 0.29) is 11.6 Å². The molecule has 0 spiro atoms. The number of aryl methyl sites for hydroxylation is 2. The zero-order valence-corrected chi connectivity index (χ0v) is 23.5. The van der Waals surface area contributed by atoms with Crippen molar-refractivity contribution in [3.63, 3.8) is 0 Å². The smallest absolute Gasteiger partial charge is 0.409 e. The number of aromatic amines is 1. The number of nitrogens with zero attached hydrogens (tertiary/aromatic N) is 7. The summed E-state index contributed by atoms with van der Waals surface area (Å²) in [5.74, 6) is 1.68. The largest absolute Gasteiger partial charge is 0.410 e. The molecule has 0 radical (unpaired) electrons. The molecule has 0 saturated carbocycles. The lowest BCUT2D eigenvalue weighted by Crippen LogP contribution is -2.25. The van der Waals surface area contributed by atoms with E-state index < -0.39 is 6.09 Å². The molecule has 4 heterocycles. The fourth-order valence-corrected chi connectivity index (χ4v) is 5.47. The summed E-state index contributed by atoms with van der Waals surface area (Å²) in [5.41, 5.74) is 10.00. The molecule has 3 aromatic heterocycles. The van der Waals surface area contributed by atoms with Crippen molar-refractivity contribution in [3.05, 3.63) is 87.1 Å². The maximum atomic E-state index is 13.5. The van der Waals surface area contributed by atoms with Gasteiger partial charge in [-0.05, 0) is 72.2 Å². The predicted octanol–water partition coefficient (Wildman–Crippen LogP) is 3.42. The van der Waals surface area contributed by atoms with E-state index in [1.54, 1.807) is 35.9 Å². The van der Waals surface area contributed by atoms with E-state index in [2.05, 4.69) is 20.5 Å². The molecule has 5 aromatic rings. The summed E-state index contributed by atoms with van der Waals surface area (Å²) in [6.07, 6.45) is 2.35. The summed E-state index contributed by atoms with van der Waals surface area (Å²) in [5, 5.41) is 11.9. The van der Waals surface area contributed by atoms with E-state index in [0.717, 1.165) is 22.5 Å². The van der Waals surface area contributed by atoms with Crippen molar-refractivity contribution in [3.8, 4) is 34.0 Å². The monoisotopic (exact) mass is 587 g/mol. The zero-order chi connectivity index (χ0) is 29.4. The first-order chi connectivity index (χ1) is 20.3. The molecule has 214 valence electrons. The molecule has 13 nitrogen and oxygen atoms in total. The number of benzene rings is 2. The quantitative estimate of drug-likeness (QED) is 0.276. The van der Waals surface area contributed by atoms with Crippen LogP contribution in [-0.4, -0.2) is 59.5 Å². The number of ether oxygens (including phenoxy) is 2. The number of methoxy groups -OCH3 is 1. The van der Waals surface area contributed by atoms with E-state index in [1.165, 1.54) is 17.1 Å². The van der Waals surface area contributed by atoms with Gasteiger partial charge < -0.3 is 20.2 Å². The molecule has 42 heavy (non-hydrogen) atoms. The Kier molecular flexibility index (Phi) is 7.27. The number of fused-ring (bicyclic) bond motifs is 1. The lowest BCUT2D eigenvalue weighted by molar-refractivity contribution is 0.198. The molecule has 0 fully saturated rings. The molecule has 0 saturated heterocycles. The highest BCUT2D eigenvalue weighted by atomic mass is 35.5. The number of hydrogen-bond acceptors (Lipinski definition) is 9. The van der Waals surface area contributed by atoms with Gasteiger partial charge in [0.1, 0.15) is 23.7 Å². The van der Waals surface area contributed by atoms with Gasteiger partial charge in [0.05, 0.1) is 35.4 Å². The summed E-state index contributed by atoms with van der Waals surface area (Å²) in [6, 6.07) is 11.9. The first kappa shape index (κ1) is 27.3. The van der Waals surface area contributed by atoms with Crippen LogP contribution in [0.4, 0.5) is 4.79 Å². The Labute approximate surface area is 244 Å². The van der Waals surface area contributed by atoms with Crippen LogP contribution in [0.2, 0.25) is 5.02 Å². The van der Waals surface area contributed by atoms with Crippen LogP contribution in [0.3, 0.4) is 0 Å². The molecular weight excluding hydrogens is 562 g/mol. The van der Waals surface area contributed by atoms with Gasteiger partial charge in [0, 0.05) is 35.7 Å². The van der Waals surface area contributed by atoms with Crippen LogP contribution in [-0.2, 0) is 17.6 Å². The summed E-state index contributed by atoms with van der Waals surface area (Å²) >= 11 is 6.30. The average Bonchev–Trinajstić information content (AvgIpc) is 3.72. The number of nitrogens with one attached hydrogen (secondary N) is 1. The Hall–Kier alpha value is -4.88. The van der Waals surface area contributed by atoms with Gasteiger partial charge >= 0.3 is 6.09 Å². The Morgan fingerprint density at radius 1 is 1.19 bits per heavy atom. The van der Waals surface area contributed by atoms with E-state index in [9.17, 15) is 9.59 Å². The number of rotatable bonds is 8. The topological polar surface area (TPSA) is 169 Å². The number of aromatic nitrogens is 8. The Morgan fingerprint density at radius 3 is 2.81 bits per heavy atom. The number of imidazole rings is 1. The summed E-state index contributed by atoms with van der Waals surface area (Å²) in [7, 11) is 1.60. The minimum atomic E-state index is -0.884. The molecule has 1 atom stereocenters. The summed E-state index contributed by atoms with van der Waals surface area (Å²) in [6.45, 7) is 2.34. The molecule has 1 aliphatic heterocycles. The molecule has 14 heteroatoms. The van der Waals surface area contributed by atoms with Gasteiger partial charge in [0.25, 0.3) is 5.56 Å². The molecule has 0 unspecified atom stereocenters. The standard InChI is InChI=1S/C28H26ClN9O4/c1-15-26(17-3-7-23(42-28(30)40)16(11-17)9-10-41-2)34-27(32-15)22-6-8-24-33-20(13-25(39)38(22)24)19-12-18(29)4-5-21(19)37-14-31-35-36-37/h3-5,7,11-14,22H,6,8-10H2,1-2H3,(H2,30,40)(H,32,34)/t22-/m0/s1. The fourth-order valence-electron chi connectivity index (χ4n) is 5.30. The minimum Gasteiger partial charge on any atom is -0.410 e. The number of carbonyl (C=O) groups excluding carboxylic acids is 1. The van der Waals surface area contributed by atoms with Crippen LogP contribution in [0, 0.1) is 6.92 Å². The van der Waals surface area contributed by atoms with Gasteiger partial charge in [-0.1, -0.05) is 11.6 Å². The van der Waals surface area contributed by atoms with Crippen LogP contribution in [0.1, 0.15) is 35.4 Å². The number of hydrogen-bond donors (Lipinski definition) is 2. The second kappa shape index (κ2) is 11.2. The number of amides is 1. The highest BCUT2D eigenvalue weighted by molar-refractivity contribution is 6.31. The maximum absolute atomic E-state index is 13.5. The normalized spacial score (nSPS) is 14.2. The number of H-pyrrole nitrogens is 1. The third kappa shape index (κ3) is 5.15. The van der Waals surface area contributed by atoms with E-state index in [4.69, 9.17) is 36.8 Å². The molecule has 2 aromatic carbocycles. The van der Waals surface area contributed by atoms with Crippen LogP contribution >= 0.6 is 11.6 Å². The van der Waals surface area contributed by atoms with Gasteiger partial charge in [-0.25, -0.2) is 14.8 Å². The van der Waals surface area contributed by atoms with E-state index in [1.807, 2.05) is 19.1 Å². The number of tetrazole rings is 1. The lowest BCUT2D eigenvalue weighted by atomic mass is 10.0. The molecule has 6 rings (SSSR count). The first-order valence-electron chi connectivity index (χ1n) is 13.1. The molecule has 0 aliphatic carbocycles. The fraction of sp³-hybridized carbons (Fsp3) is 0.250. The molecule has 1 aliphatic rings. The van der Waals surface area contributed by atoms with Crippen LogP contribution in [0.5, 0.6) is 5.75 Å². The van der Waals surface area contributed by atoms with Crippen LogP contribution in [0.15, 0.2) is 53.6 Å². The van der Waals surface area contributed by atoms with Crippen LogP contribution < -0.4 is 16.0 Å². The third-order valence-electron chi connectivity index (χ3n) is 7.16. The third-order valence-corrected chi connectivity index (χ3v) is 7.40. The second-order valence-electron chi connectivity index (χ2n) is 9.81. The van der Waals surface area contributed by atoms with Crippen molar-refractivity contribution in [1.82, 2.24) is 39.7 Å². The SMILES string of the molecule is COCCc1cc(-c2[nH]c([C@@H]3CCc4nc(-c5cc(Cl)ccc5-n5cnnn5)cc(=O)n43)nc2C)ccc1OC(N)=O. The minimum absolute atomic E-state index is 0.203. The number of nitrogens with two attached hydrogens (primary N) is 1. The number of primary amides is 1. The van der Waals surface area contributed by atoms with E-state index >= 15 is 0 Å². The Bertz CT molecular complexity index is 1850. The zero-order valence-electron chi connectivity index (χ0n) is 22.7. The van der Waals surface area contributed by atoms with Crippen molar-refractivity contribution in [2.45, 2.75) is 32.2 Å². The highest BCUT2D eigenvalue weighted by Crippen LogP contribution is 2.34. The van der Waals surface area contributed by atoms with Crippen molar-refractivity contribution < 1.29 is 14.3 Å². The predicted molar refractivity (Wildman–Crippen MR) is 153 cm³/mol. The van der Waals surface area contributed by atoms with Crippen molar-refractivity contribution in [2.75, 3.05) is 13.7 Å². The van der Waals surface area contributed by atoms with Gasteiger partial charge in [-0.2, -0.15) is 4.68 Å². The van der Waals surface area contributed by atoms with Crippen molar-refractivity contribution in [1.29, 1.82) is 0 Å². The number of halogens is 1. The van der Waals surface area contributed by atoms with Gasteiger partial charge in [0.2, 0.25) is 0 Å². The first-order valence-corrected chi connectivity index (χ1v) is 13.5. The second-order valence-corrected chi connectivity index (χ2v) is 10.2. The summed E-state index contributed by atoms with van der Waals surface area (Å²) < 4.78 is 13.6. The van der Waals surface area contributed by atoms with Gasteiger partial charge in [0.15, 0.2) is 0 Å². The maximum Gasteiger partial charge on any atom is 0.409 e. The average molecular weight is 588 g/mol. The number of carbonyl (C=O) groups is 1. The van der Waals surface area contributed by atoms with Crippen molar-refractivity contribution in [2.24, 2.45) is 5.73 Å². The molecule has 1 amide bonds. The summed E-state index contributed by atoms with van der Waals surface area (Å²) in [4.78, 5) is 38.0. The Balaban J connectivity index is 1.35. The van der Waals surface area contributed by atoms with Crippen LogP contribution in [0.25, 0.3) is 28.2 Å². The Morgan fingerprint density at radius 2 is 2.05 bits per heavy atom. The van der Waals surface area contributed by atoms with Crippen molar-refractivity contribution >= 4 is 17.7 Å². The molecular formula is C28H26ClN9O4.